The number of aromatic nitrogens is 5. The number of H-pyrrole nitrogens is 1. The van der Waals surface area contributed by atoms with Crippen LogP contribution in [-0.4, -0.2) is 86.1 Å². The van der Waals surface area contributed by atoms with Crippen LogP contribution in [0.1, 0.15) is 47.6 Å². The number of carbonyl (C=O) groups excluding carboxylic acids is 2. The number of aryl methyl sites for hydroxylation is 5. The summed E-state index contributed by atoms with van der Waals surface area (Å²) in [6.07, 6.45) is 3.93. The van der Waals surface area contributed by atoms with Gasteiger partial charge in [-0.25, -0.2) is 35.0 Å². The van der Waals surface area contributed by atoms with Gasteiger partial charge in [0.15, 0.2) is 12.4 Å². The van der Waals surface area contributed by atoms with Crippen molar-refractivity contribution in [2.45, 2.75) is 68.3 Å². The number of benzene rings is 5. The predicted molar refractivity (Wildman–Crippen MR) is 372 cm³/mol. The molecule has 0 aliphatic rings. The number of nitrogens with two attached hydrogens (primary N) is 1. The standard InChI is InChI=1S/C25H30N4O6S.C10H10ClNO2S.C10H11NO3S.C10H11N.C5H5N.CCl2O.CH2ClIS/c1-17-23(20-12-6-7-13-21(20)29(17)2)36(33,34)28-25(26)27-14-8-11-19(24(31)32)15-22(30)35-16-18-9-4-3-5-10-18;1-7-10(15(11,13)14)8-5-3-4-6-9(8)12(7)2;1-7-10(15(12,13)14)8-5-3-4-6-9(8)11(7)2;1-8-7-9-5-3-4-6-10(9)11(8)2;1-2-4-6-5-3-1;2-1(3)4;2-4-1-3/h3-7,9-10,12-13,19H,8,11,14-16H2,1-2H3,(H,31,32)(H3,26,27,28);3-6H,1-2H3;3-6H,1-2H3,(H,12,13,14);3-7H,1-2H3;1-5H;;1H2. The first-order chi connectivity index (χ1) is 42.9. The summed E-state index contributed by atoms with van der Waals surface area (Å²) in [4.78, 5) is 39.8. The van der Waals surface area contributed by atoms with E-state index in [4.69, 9.17) is 36.6 Å². The zero-order valence-electron chi connectivity index (χ0n) is 50.7. The number of nitrogens with one attached hydrogen (secondary N) is 2. The van der Waals surface area contributed by atoms with E-state index in [1.807, 2.05) is 90.7 Å². The Balaban J connectivity index is 0.000000263. The Hall–Kier alpha value is -6.66. The molecule has 5 aromatic carbocycles. The number of guanidine groups is 1. The Bertz CT molecular complexity index is 4310. The van der Waals surface area contributed by atoms with Gasteiger partial charge in [0.05, 0.1) is 21.0 Å². The minimum Gasteiger partial charge on any atom is -0.744 e. The van der Waals surface area contributed by atoms with Gasteiger partial charge >= 0.3 is 16.6 Å². The molecule has 488 valence electrons. The van der Waals surface area contributed by atoms with Crippen molar-refractivity contribution in [3.05, 3.63) is 192 Å². The molecule has 5 heterocycles. The number of hydrogen-bond donors (Lipinski definition) is 3. The fourth-order valence-corrected chi connectivity index (χ4v) is 13.1. The van der Waals surface area contributed by atoms with E-state index in [1.54, 1.807) is 98.6 Å². The maximum Gasteiger partial charge on any atom is 0.313 e. The summed E-state index contributed by atoms with van der Waals surface area (Å²) in [5.41, 5.74) is 13.3. The Morgan fingerprint density at radius 3 is 1.52 bits per heavy atom. The zero-order chi connectivity index (χ0) is 67.8. The van der Waals surface area contributed by atoms with Crippen molar-refractivity contribution < 1.29 is 59.0 Å². The van der Waals surface area contributed by atoms with Gasteiger partial charge in [0.25, 0.3) is 19.1 Å². The summed E-state index contributed by atoms with van der Waals surface area (Å²) >= 11 is 11.0. The van der Waals surface area contributed by atoms with Gasteiger partial charge in [0, 0.05) is 119 Å². The van der Waals surface area contributed by atoms with Gasteiger partial charge in [-0.1, -0.05) is 132 Å². The second kappa shape index (κ2) is 36.5. The first kappa shape index (κ1) is 76.8. The molecule has 0 saturated heterocycles. The van der Waals surface area contributed by atoms with Crippen LogP contribution in [0.25, 0.3) is 43.6 Å². The second-order valence-corrected chi connectivity index (χ2v) is 29.0. The minimum absolute atomic E-state index is 0.0726. The van der Waals surface area contributed by atoms with Gasteiger partial charge < -0.3 is 38.4 Å². The number of aliphatic carboxylic acids is 1. The maximum atomic E-state index is 13.0. The van der Waals surface area contributed by atoms with Crippen LogP contribution in [0.4, 0.5) is 4.79 Å². The van der Waals surface area contributed by atoms with E-state index < -0.39 is 51.8 Å². The molecule has 1 unspecified atom stereocenters. The SMILES string of the molecule is Cc1c(S(=O)(=O)Cl)c2ccccc2n1C.Cc1c(S(=O)(=O)NC(N)=NCCCC(CC(=O)OCc2ccccc2)C(=O)O)c2ccccc2n1C.Cc1c(S(=O)(=O)[O-])c2ccccc2n1C.Cc1cc2ccccc2n1C.ClSCI.O=C(Cl)Cl.c1cc[nH+]cc1. The van der Waals surface area contributed by atoms with Crippen LogP contribution in [0.2, 0.25) is 0 Å². The van der Waals surface area contributed by atoms with Crippen molar-refractivity contribution >= 4 is 174 Å². The fourth-order valence-electron chi connectivity index (χ4n) is 9.26. The third-order valence-electron chi connectivity index (χ3n) is 13.9. The molecule has 10 aromatic rings. The molecule has 0 radical (unpaired) electrons. The number of fused-ring (bicyclic) bond motifs is 4. The molecule has 0 amide bonds. The largest absolute Gasteiger partial charge is 0.744 e. The lowest BCUT2D eigenvalue weighted by molar-refractivity contribution is -0.378. The number of hydrogen-bond acceptors (Lipinski definition) is 13. The summed E-state index contributed by atoms with van der Waals surface area (Å²) in [5.74, 6) is -2.96. The number of rotatable bonds is 14. The topological polar surface area (TPSA) is 290 Å². The van der Waals surface area contributed by atoms with Crippen LogP contribution in [0.15, 0.2) is 184 Å². The number of halogens is 5. The Kier molecular flexibility index (Phi) is 30.8. The van der Waals surface area contributed by atoms with Crippen LogP contribution in [0.5, 0.6) is 0 Å². The van der Waals surface area contributed by atoms with Crippen LogP contribution in [0, 0.1) is 33.6 Å². The number of carboxylic acid groups (broad SMARTS) is 1. The molecular weight excluding hydrogens is 1450 g/mol. The zero-order valence-corrected chi connectivity index (χ0v) is 59.1. The van der Waals surface area contributed by atoms with Gasteiger partial charge in [0.1, 0.15) is 26.5 Å². The average molecular weight is 1520 g/mol. The molecule has 5 N–H and O–H groups in total. The van der Waals surface area contributed by atoms with Gasteiger partial charge in [-0.15, -0.1) is 0 Å². The molecule has 0 saturated carbocycles. The van der Waals surface area contributed by atoms with E-state index in [9.17, 15) is 44.5 Å². The highest BCUT2D eigenvalue weighted by atomic mass is 127. The Morgan fingerprint density at radius 1 is 0.670 bits per heavy atom. The number of carboxylic acids is 1. The molecule has 10 rings (SSSR count). The fraction of sp³-hybridized carbons (Fsp3) is 0.242. The Labute approximate surface area is 566 Å². The molecule has 0 aliphatic carbocycles. The van der Waals surface area contributed by atoms with Crippen LogP contribution in [-0.2, 0) is 78.3 Å². The smallest absolute Gasteiger partial charge is 0.313 e. The van der Waals surface area contributed by atoms with E-state index in [1.165, 1.54) is 27.6 Å². The quantitative estimate of drug-likeness (QED) is 0.0133. The highest BCUT2D eigenvalue weighted by Gasteiger charge is 2.26. The van der Waals surface area contributed by atoms with E-state index in [-0.39, 0.29) is 46.6 Å². The van der Waals surface area contributed by atoms with Crippen LogP contribution < -0.4 is 15.4 Å². The molecular formula is C62H69Cl4IN8O12S4. The van der Waals surface area contributed by atoms with Gasteiger partial charge in [0.2, 0.25) is 5.96 Å². The highest BCUT2D eigenvalue weighted by Crippen LogP contribution is 2.32. The van der Waals surface area contributed by atoms with Crippen LogP contribution in [0.3, 0.4) is 0 Å². The number of sulfonamides is 1. The molecule has 91 heavy (non-hydrogen) atoms. The number of para-hydroxylation sites is 4. The maximum absolute atomic E-state index is 13.0. The average Bonchev–Trinajstić information content (AvgIpc) is 1.64. The first-order valence-electron chi connectivity index (χ1n) is 27.2. The number of alkyl halides is 1. The molecule has 1 atom stereocenters. The van der Waals surface area contributed by atoms with Gasteiger partial charge in [-0.3, -0.25) is 19.4 Å². The minimum atomic E-state index is -4.41. The number of ether oxygens (including phenoxy) is 1. The van der Waals surface area contributed by atoms with E-state index in [0.717, 1.165) is 25.9 Å². The highest BCUT2D eigenvalue weighted by molar-refractivity contribution is 14.1. The van der Waals surface area contributed by atoms with Crippen molar-refractivity contribution in [2.24, 2.45) is 44.8 Å². The van der Waals surface area contributed by atoms with Crippen LogP contribution >= 0.6 is 78.1 Å². The normalized spacial score (nSPS) is 11.6. The summed E-state index contributed by atoms with van der Waals surface area (Å²) in [6.45, 7) is 7.37. The van der Waals surface area contributed by atoms with E-state index >= 15 is 0 Å². The summed E-state index contributed by atoms with van der Waals surface area (Å²) in [6, 6.07) is 47.0. The molecule has 5 aromatic heterocycles. The van der Waals surface area contributed by atoms with E-state index in [0.29, 0.717) is 39.7 Å². The number of carbonyl (C=O) groups is 3. The predicted octanol–water partition coefficient (Wildman–Crippen LogP) is 13.3. The molecule has 0 fully saturated rings. The monoisotopic (exact) mass is 1510 g/mol. The van der Waals surface area contributed by atoms with Crippen molar-refractivity contribution in [3.63, 3.8) is 0 Å². The van der Waals surface area contributed by atoms with Gasteiger partial charge in [-0.2, -0.15) is 0 Å². The second-order valence-electron chi connectivity index (χ2n) is 19.7. The number of nitrogens with zero attached hydrogens (tertiary/aromatic N) is 5. The van der Waals surface area contributed by atoms with Crippen molar-refractivity contribution in [1.82, 2.24) is 23.0 Å². The summed E-state index contributed by atoms with van der Waals surface area (Å²) in [5, 5.41) is 12.5. The number of pyridine rings is 1. The lowest BCUT2D eigenvalue weighted by atomic mass is 10.00. The van der Waals surface area contributed by atoms with Crippen molar-refractivity contribution in [1.29, 1.82) is 0 Å². The third kappa shape index (κ3) is 22.9. The number of aliphatic imine (C=N–C) groups is 1. The third-order valence-corrected chi connectivity index (χ3v) is 20.3. The summed E-state index contributed by atoms with van der Waals surface area (Å²) in [7, 11) is 7.18. The molecule has 20 nitrogen and oxygen atoms in total. The molecule has 29 heteroatoms. The first-order valence-corrected chi connectivity index (χ1v) is 36.5. The van der Waals surface area contributed by atoms with Crippen molar-refractivity contribution in [3.8, 4) is 0 Å². The number of esters is 1. The summed E-state index contributed by atoms with van der Waals surface area (Å²) < 4.78 is 97.2. The Morgan fingerprint density at radius 2 is 1.09 bits per heavy atom. The van der Waals surface area contributed by atoms with Gasteiger partial charge in [-0.05, 0) is 127 Å². The lowest BCUT2D eigenvalue weighted by Gasteiger charge is -2.12. The molecule has 0 spiro atoms. The molecule has 0 bridgehead atoms. The molecule has 0 aliphatic heterocycles. The van der Waals surface area contributed by atoms with E-state index in [2.05, 4.69) is 109 Å². The van der Waals surface area contributed by atoms with Crippen molar-refractivity contribution in [2.75, 3.05) is 10.3 Å². The lowest BCUT2D eigenvalue weighted by Crippen LogP contribution is -2.37. The number of aromatic amines is 1.